The second-order valence-electron chi connectivity index (χ2n) is 9.64. The fourth-order valence-electron chi connectivity index (χ4n) is 4.28. The van der Waals surface area contributed by atoms with Crippen LogP contribution >= 0.6 is 0 Å². The van der Waals surface area contributed by atoms with Crippen LogP contribution in [0.5, 0.6) is 5.75 Å². The summed E-state index contributed by atoms with van der Waals surface area (Å²) in [6, 6.07) is 16.5. The van der Waals surface area contributed by atoms with E-state index < -0.39 is 21.3 Å². The van der Waals surface area contributed by atoms with Gasteiger partial charge < -0.3 is 4.74 Å². The molecule has 0 radical (unpaired) electrons. The molecular weight excluding hydrogens is 466 g/mol. The molecule has 0 aliphatic carbocycles. The minimum atomic E-state index is -3.13. The van der Waals surface area contributed by atoms with Crippen LogP contribution in [0, 0.1) is 0 Å². The number of anilines is 1. The predicted molar refractivity (Wildman–Crippen MR) is 137 cm³/mol. The number of hydrogen-bond donors (Lipinski definition) is 1. The zero-order chi connectivity index (χ0) is 25.1. The first-order chi connectivity index (χ1) is 16.5. The van der Waals surface area contributed by atoms with Crippen molar-refractivity contribution in [3.63, 3.8) is 0 Å². The third-order valence-corrected chi connectivity index (χ3v) is 7.45. The van der Waals surface area contributed by atoms with Crippen molar-refractivity contribution in [2.45, 2.75) is 26.2 Å². The van der Waals surface area contributed by atoms with Crippen LogP contribution in [0.25, 0.3) is 27.6 Å². The van der Waals surface area contributed by atoms with E-state index in [1.807, 2.05) is 42.5 Å². The largest absolute Gasteiger partial charge is 0.496 e. The molecule has 0 atom stereocenters. The van der Waals surface area contributed by atoms with Crippen LogP contribution < -0.4 is 20.3 Å². The van der Waals surface area contributed by atoms with Crippen LogP contribution in [0.2, 0.25) is 0 Å². The van der Waals surface area contributed by atoms with E-state index in [4.69, 9.17) is 4.74 Å². The van der Waals surface area contributed by atoms with Crippen molar-refractivity contribution >= 4 is 26.5 Å². The smallest absolute Gasteiger partial charge is 0.332 e. The maximum absolute atomic E-state index is 12.5. The Kier molecular flexibility index (Phi) is 5.14. The zero-order valence-corrected chi connectivity index (χ0v) is 20.6. The van der Waals surface area contributed by atoms with E-state index in [0.29, 0.717) is 17.1 Å². The maximum Gasteiger partial charge on any atom is 0.332 e. The Balaban J connectivity index is 1.71. The summed E-state index contributed by atoms with van der Waals surface area (Å²) >= 11 is 0. The Bertz CT molecular complexity index is 1710. The fourth-order valence-corrected chi connectivity index (χ4v) is 5.37. The summed E-state index contributed by atoms with van der Waals surface area (Å²) in [5, 5.41) is 1.85. The van der Waals surface area contributed by atoms with Crippen LogP contribution in [0.3, 0.4) is 0 Å². The number of sulfonamides is 1. The third-order valence-electron chi connectivity index (χ3n) is 6.15. The second kappa shape index (κ2) is 7.84. The first kappa shape index (κ1) is 22.9. The molecule has 0 amide bonds. The number of hydrogen-bond acceptors (Lipinski definition) is 5. The topological polar surface area (TPSA) is 101 Å². The van der Waals surface area contributed by atoms with Gasteiger partial charge in [0.25, 0.3) is 15.6 Å². The van der Waals surface area contributed by atoms with E-state index in [0.717, 1.165) is 27.5 Å². The SMILES string of the molecule is COc1c(-c2ccc3cc(N4CS4(=O)=O)ccc3c2)cc(-n2ccc(=O)[nH]c2=O)cc1C(C)(C)C. The van der Waals surface area contributed by atoms with E-state index in [1.54, 1.807) is 13.2 Å². The highest BCUT2D eigenvalue weighted by Crippen LogP contribution is 2.42. The number of benzene rings is 3. The summed E-state index contributed by atoms with van der Waals surface area (Å²) in [5.41, 5.74) is 2.57. The minimum Gasteiger partial charge on any atom is -0.496 e. The number of fused-ring (bicyclic) bond motifs is 1. The van der Waals surface area contributed by atoms with Crippen molar-refractivity contribution < 1.29 is 13.2 Å². The van der Waals surface area contributed by atoms with E-state index in [2.05, 4.69) is 25.8 Å². The standard InChI is InChI=1S/C26H25N3O5S/c1-26(2,3)22-14-20(28-10-9-23(30)27-25(28)31)13-21(24(22)34-4)18-6-5-17-12-19(8-7-16(17)11-18)29-15-35(29,32)33/h5-14H,15H2,1-4H3,(H,27,30,31). The van der Waals surface area contributed by atoms with E-state index in [-0.39, 0.29) is 11.3 Å². The quantitative estimate of drug-likeness (QED) is 0.438. The van der Waals surface area contributed by atoms with Crippen molar-refractivity contribution in [1.29, 1.82) is 0 Å². The molecular formula is C26H25N3O5S. The van der Waals surface area contributed by atoms with Gasteiger partial charge in [-0.2, -0.15) is 0 Å². The molecule has 0 bridgehead atoms. The van der Waals surface area contributed by atoms with Gasteiger partial charge in [0.15, 0.2) is 5.88 Å². The molecule has 3 aromatic carbocycles. The fraction of sp³-hybridized carbons (Fsp3) is 0.231. The number of aromatic amines is 1. The number of H-pyrrole nitrogens is 1. The molecule has 0 unspecified atom stereocenters. The average Bonchev–Trinajstić information content (AvgIpc) is 3.45. The van der Waals surface area contributed by atoms with E-state index >= 15 is 0 Å². The number of nitrogens with zero attached hydrogens (tertiary/aromatic N) is 2. The minimum absolute atomic E-state index is 0.0419. The lowest BCUT2D eigenvalue weighted by atomic mass is 9.83. The van der Waals surface area contributed by atoms with Crippen molar-refractivity contribution in [3.8, 4) is 22.6 Å². The lowest BCUT2D eigenvalue weighted by molar-refractivity contribution is 0.399. The Hall–Kier alpha value is -3.85. The van der Waals surface area contributed by atoms with Crippen molar-refractivity contribution in [3.05, 3.63) is 87.2 Å². The number of ether oxygens (including phenoxy) is 1. The first-order valence-electron chi connectivity index (χ1n) is 11.1. The van der Waals surface area contributed by atoms with Gasteiger partial charge in [0, 0.05) is 23.4 Å². The summed E-state index contributed by atoms with van der Waals surface area (Å²) in [4.78, 5) is 26.4. The number of nitrogens with one attached hydrogen (secondary N) is 1. The monoisotopic (exact) mass is 491 g/mol. The molecule has 1 fully saturated rings. The van der Waals surface area contributed by atoms with Crippen LogP contribution in [-0.2, 0) is 15.4 Å². The summed E-state index contributed by atoms with van der Waals surface area (Å²) < 4.78 is 32.0. The lowest BCUT2D eigenvalue weighted by Gasteiger charge is -2.25. The number of rotatable bonds is 4. The van der Waals surface area contributed by atoms with Gasteiger partial charge in [-0.25, -0.2) is 13.2 Å². The highest BCUT2D eigenvalue weighted by Gasteiger charge is 2.40. The second-order valence-corrected chi connectivity index (χ2v) is 11.5. The normalized spacial score (nSPS) is 14.8. The third kappa shape index (κ3) is 4.12. The number of aromatic nitrogens is 2. The van der Waals surface area contributed by atoms with Crippen LogP contribution in [-0.4, -0.2) is 31.0 Å². The van der Waals surface area contributed by atoms with Gasteiger partial charge in [0.1, 0.15) is 5.75 Å². The molecule has 0 saturated carbocycles. The molecule has 4 aromatic rings. The maximum atomic E-state index is 12.5. The molecule has 9 heteroatoms. The van der Waals surface area contributed by atoms with Crippen molar-refractivity contribution in [2.24, 2.45) is 0 Å². The molecule has 35 heavy (non-hydrogen) atoms. The number of methoxy groups -OCH3 is 1. The van der Waals surface area contributed by atoms with Crippen LogP contribution in [0.1, 0.15) is 26.3 Å². The molecule has 1 aromatic heterocycles. The molecule has 1 N–H and O–H groups in total. The molecule has 1 aliphatic heterocycles. The first-order valence-corrected chi connectivity index (χ1v) is 12.7. The predicted octanol–water partition coefficient (Wildman–Crippen LogP) is 3.76. The van der Waals surface area contributed by atoms with Crippen molar-refractivity contribution in [2.75, 3.05) is 17.3 Å². The van der Waals surface area contributed by atoms with Gasteiger partial charge in [-0.1, -0.05) is 39.0 Å². The summed E-state index contributed by atoms with van der Waals surface area (Å²) in [5.74, 6) is 0.741. The highest BCUT2D eigenvalue weighted by atomic mass is 32.2. The molecule has 8 nitrogen and oxygen atoms in total. The van der Waals surface area contributed by atoms with Gasteiger partial charge in [0.2, 0.25) is 0 Å². The Morgan fingerprint density at radius 2 is 1.60 bits per heavy atom. The Morgan fingerprint density at radius 3 is 2.23 bits per heavy atom. The highest BCUT2D eigenvalue weighted by molar-refractivity contribution is 8.00. The molecule has 1 aliphatic rings. The van der Waals surface area contributed by atoms with E-state index in [1.165, 1.54) is 21.1 Å². The van der Waals surface area contributed by atoms with Crippen molar-refractivity contribution in [1.82, 2.24) is 9.55 Å². The zero-order valence-electron chi connectivity index (χ0n) is 19.8. The van der Waals surface area contributed by atoms with Gasteiger partial charge >= 0.3 is 5.69 Å². The summed E-state index contributed by atoms with van der Waals surface area (Å²) in [6.07, 6.45) is 1.46. The Morgan fingerprint density at radius 1 is 0.914 bits per heavy atom. The van der Waals surface area contributed by atoms with Gasteiger partial charge in [-0.15, -0.1) is 0 Å². The molecule has 180 valence electrons. The van der Waals surface area contributed by atoms with E-state index in [9.17, 15) is 18.0 Å². The average molecular weight is 492 g/mol. The summed E-state index contributed by atoms with van der Waals surface area (Å²) in [6.45, 7) is 6.20. The molecule has 1 saturated heterocycles. The lowest BCUT2D eigenvalue weighted by Crippen LogP contribution is -2.27. The van der Waals surface area contributed by atoms with Gasteiger partial charge in [-0.05, 0) is 52.1 Å². The molecule has 0 spiro atoms. The summed E-state index contributed by atoms with van der Waals surface area (Å²) in [7, 11) is -1.51. The van der Waals surface area contributed by atoms with Crippen LogP contribution in [0.15, 0.2) is 70.4 Å². The molecule has 5 rings (SSSR count). The van der Waals surface area contributed by atoms with Gasteiger partial charge in [0.05, 0.1) is 18.5 Å². The Labute approximate surface area is 202 Å². The molecule has 2 heterocycles. The van der Waals surface area contributed by atoms with Crippen LogP contribution in [0.4, 0.5) is 5.69 Å². The van der Waals surface area contributed by atoms with Gasteiger partial charge in [-0.3, -0.25) is 18.7 Å².